The average molecular weight is 366 g/mol. The maximum atomic E-state index is 12.6. The first-order valence-corrected chi connectivity index (χ1v) is 8.46. The van der Waals surface area contributed by atoms with Crippen molar-refractivity contribution in [3.05, 3.63) is 35.9 Å². The number of ketones is 1. The normalized spacial score (nSPS) is 24.0. The lowest BCUT2D eigenvalue weighted by Crippen LogP contribution is -2.48. The monoisotopic (exact) mass is 366 g/mol. The molecule has 1 heterocycles. The molecule has 1 fully saturated rings. The van der Waals surface area contributed by atoms with Crippen LogP contribution >= 0.6 is 0 Å². The van der Waals surface area contributed by atoms with Crippen LogP contribution in [0.4, 0.5) is 0 Å². The number of hydrogen-bond acceptors (Lipinski definition) is 7. The third-order valence-corrected chi connectivity index (χ3v) is 4.24. The topological polar surface area (TPSA) is 80.3 Å². The van der Waals surface area contributed by atoms with Crippen molar-refractivity contribution in [2.75, 3.05) is 20.8 Å². The summed E-state index contributed by atoms with van der Waals surface area (Å²) in [6.07, 6.45) is -2.48. The van der Waals surface area contributed by atoms with Gasteiger partial charge in [0.25, 0.3) is 6.47 Å². The van der Waals surface area contributed by atoms with Crippen LogP contribution in [0.5, 0.6) is 0 Å². The van der Waals surface area contributed by atoms with Crippen molar-refractivity contribution in [1.82, 2.24) is 0 Å². The van der Waals surface area contributed by atoms with E-state index in [9.17, 15) is 9.59 Å². The summed E-state index contributed by atoms with van der Waals surface area (Å²) in [5.74, 6) is -0.991. The van der Waals surface area contributed by atoms with Gasteiger partial charge in [-0.3, -0.25) is 9.59 Å². The van der Waals surface area contributed by atoms with Crippen molar-refractivity contribution in [2.45, 2.75) is 50.5 Å². The van der Waals surface area contributed by atoms with E-state index in [1.807, 2.05) is 6.07 Å². The molecule has 0 unspecified atom stereocenters. The Balaban J connectivity index is 2.21. The summed E-state index contributed by atoms with van der Waals surface area (Å²) < 4.78 is 27.6. The van der Waals surface area contributed by atoms with E-state index >= 15 is 0 Å². The van der Waals surface area contributed by atoms with Crippen LogP contribution in [0.3, 0.4) is 0 Å². The minimum Gasteiger partial charge on any atom is -0.459 e. The molecule has 0 amide bonds. The Bertz CT molecular complexity index is 587. The molecule has 0 bridgehead atoms. The summed E-state index contributed by atoms with van der Waals surface area (Å²) in [5.41, 5.74) is 0.590. The van der Waals surface area contributed by atoms with Gasteiger partial charge in [0.1, 0.15) is 12.2 Å². The molecule has 4 atom stereocenters. The minimum atomic E-state index is -0.915. The van der Waals surface area contributed by atoms with Crippen LogP contribution in [0.2, 0.25) is 0 Å². The van der Waals surface area contributed by atoms with Crippen molar-refractivity contribution in [1.29, 1.82) is 0 Å². The summed E-state index contributed by atoms with van der Waals surface area (Å²) >= 11 is 0. The van der Waals surface area contributed by atoms with Gasteiger partial charge in [0.05, 0.1) is 12.7 Å². The molecule has 0 radical (unpaired) electrons. The molecular weight excluding hydrogens is 340 g/mol. The van der Waals surface area contributed by atoms with Gasteiger partial charge in [-0.05, 0) is 13.8 Å². The fourth-order valence-corrected chi connectivity index (χ4v) is 3.13. The molecular formula is C19H26O7. The van der Waals surface area contributed by atoms with E-state index in [1.165, 1.54) is 14.2 Å². The van der Waals surface area contributed by atoms with Crippen molar-refractivity contribution >= 4 is 12.3 Å². The number of Topliss-reactive ketones (excluding diaryl/α,β-unsaturated/α-hetero) is 1. The van der Waals surface area contributed by atoms with E-state index in [0.717, 1.165) is 0 Å². The van der Waals surface area contributed by atoms with Crippen LogP contribution in [0, 0.1) is 0 Å². The number of carbonyl (C=O) groups excluding carboxylic acids is 2. The Morgan fingerprint density at radius 1 is 1.23 bits per heavy atom. The van der Waals surface area contributed by atoms with Crippen LogP contribution in [0.1, 0.15) is 30.6 Å². The lowest BCUT2D eigenvalue weighted by molar-refractivity contribution is -0.179. The van der Waals surface area contributed by atoms with Gasteiger partial charge in [-0.15, -0.1) is 0 Å². The number of carbonyl (C=O) groups is 2. The second kappa shape index (κ2) is 9.23. The van der Waals surface area contributed by atoms with E-state index in [1.54, 1.807) is 38.1 Å². The SMILES string of the molecule is COC[C@@H](OC)[C@@H](OC=O)[C@@H]1OC(C)(C)O[C@H]1CC(=O)c1ccccc1. The third kappa shape index (κ3) is 5.11. The largest absolute Gasteiger partial charge is 0.459 e. The number of methoxy groups -OCH3 is 2. The summed E-state index contributed by atoms with van der Waals surface area (Å²) in [6, 6.07) is 8.96. The second-order valence-electron chi connectivity index (χ2n) is 6.56. The predicted molar refractivity (Wildman–Crippen MR) is 92.8 cm³/mol. The second-order valence-corrected chi connectivity index (χ2v) is 6.56. The van der Waals surface area contributed by atoms with E-state index in [-0.39, 0.29) is 18.8 Å². The van der Waals surface area contributed by atoms with Crippen LogP contribution in [-0.2, 0) is 28.5 Å². The van der Waals surface area contributed by atoms with Crippen LogP contribution in [0.25, 0.3) is 0 Å². The van der Waals surface area contributed by atoms with Crippen LogP contribution in [0.15, 0.2) is 30.3 Å². The van der Waals surface area contributed by atoms with Crippen LogP contribution < -0.4 is 0 Å². The highest BCUT2D eigenvalue weighted by atomic mass is 16.8. The van der Waals surface area contributed by atoms with Crippen molar-refractivity contribution in [3.8, 4) is 0 Å². The first kappa shape index (κ1) is 20.5. The summed E-state index contributed by atoms with van der Waals surface area (Å²) in [4.78, 5) is 23.6. The fraction of sp³-hybridized carbons (Fsp3) is 0.579. The quantitative estimate of drug-likeness (QED) is 0.463. The van der Waals surface area contributed by atoms with Crippen molar-refractivity contribution in [3.63, 3.8) is 0 Å². The number of ether oxygens (including phenoxy) is 5. The molecule has 144 valence electrons. The smallest absolute Gasteiger partial charge is 0.293 e. The maximum absolute atomic E-state index is 12.6. The minimum absolute atomic E-state index is 0.0764. The molecule has 0 aromatic heterocycles. The summed E-state index contributed by atoms with van der Waals surface area (Å²) in [7, 11) is 3.02. The molecule has 0 N–H and O–H groups in total. The molecule has 1 saturated heterocycles. The molecule has 7 nitrogen and oxygen atoms in total. The molecule has 2 rings (SSSR count). The fourth-order valence-electron chi connectivity index (χ4n) is 3.13. The number of hydrogen-bond donors (Lipinski definition) is 0. The van der Waals surface area contributed by atoms with Gasteiger partial charge in [-0.25, -0.2) is 0 Å². The molecule has 1 aliphatic rings. The third-order valence-electron chi connectivity index (χ3n) is 4.24. The first-order valence-electron chi connectivity index (χ1n) is 8.46. The van der Waals surface area contributed by atoms with Gasteiger partial charge in [-0.1, -0.05) is 30.3 Å². The standard InChI is InChI=1S/C19H26O7/c1-19(2)25-15(10-14(21)13-8-6-5-7-9-13)18(26-19)17(24-12-20)16(23-4)11-22-3/h5-9,12,15-18H,10-11H2,1-4H3/t15-,16+,17+,18+/m0/s1. The predicted octanol–water partition coefficient (Wildman–Crippen LogP) is 1.98. The van der Waals surface area contributed by atoms with E-state index in [0.29, 0.717) is 12.0 Å². The average Bonchev–Trinajstić information content (AvgIpc) is 2.92. The molecule has 26 heavy (non-hydrogen) atoms. The first-order chi connectivity index (χ1) is 12.4. The molecule has 0 saturated carbocycles. The molecule has 1 aromatic rings. The highest BCUT2D eigenvalue weighted by Gasteiger charge is 2.49. The van der Waals surface area contributed by atoms with Gasteiger partial charge in [0.2, 0.25) is 0 Å². The molecule has 1 aliphatic heterocycles. The molecule has 0 aliphatic carbocycles. The Morgan fingerprint density at radius 3 is 2.50 bits per heavy atom. The number of rotatable bonds is 10. The van der Waals surface area contributed by atoms with Gasteiger partial charge in [0.15, 0.2) is 17.7 Å². The van der Waals surface area contributed by atoms with Gasteiger partial charge < -0.3 is 23.7 Å². The maximum Gasteiger partial charge on any atom is 0.293 e. The highest BCUT2D eigenvalue weighted by molar-refractivity contribution is 5.96. The molecule has 0 spiro atoms. The molecule has 7 heteroatoms. The Kier molecular flexibility index (Phi) is 7.28. The van der Waals surface area contributed by atoms with Gasteiger partial charge in [0, 0.05) is 26.2 Å². The zero-order chi connectivity index (χ0) is 19.2. The van der Waals surface area contributed by atoms with Crippen molar-refractivity contribution < 1.29 is 33.3 Å². The zero-order valence-electron chi connectivity index (χ0n) is 15.5. The van der Waals surface area contributed by atoms with Gasteiger partial charge in [-0.2, -0.15) is 0 Å². The van der Waals surface area contributed by atoms with E-state index < -0.39 is 30.2 Å². The Labute approximate surface area is 153 Å². The Morgan fingerprint density at radius 2 is 1.92 bits per heavy atom. The van der Waals surface area contributed by atoms with Crippen molar-refractivity contribution in [2.24, 2.45) is 0 Å². The number of benzene rings is 1. The van der Waals surface area contributed by atoms with Crippen LogP contribution in [-0.4, -0.2) is 63.3 Å². The Hall–Kier alpha value is -1.80. The highest BCUT2D eigenvalue weighted by Crippen LogP contribution is 2.34. The lowest BCUT2D eigenvalue weighted by atomic mass is 9.97. The van der Waals surface area contributed by atoms with E-state index in [2.05, 4.69) is 0 Å². The van der Waals surface area contributed by atoms with Gasteiger partial charge >= 0.3 is 0 Å². The summed E-state index contributed by atoms with van der Waals surface area (Å²) in [5, 5.41) is 0. The van der Waals surface area contributed by atoms with E-state index in [4.69, 9.17) is 23.7 Å². The molecule has 1 aromatic carbocycles. The zero-order valence-corrected chi connectivity index (χ0v) is 15.5. The lowest BCUT2D eigenvalue weighted by Gasteiger charge is -2.30. The summed E-state index contributed by atoms with van der Waals surface area (Å²) in [6.45, 7) is 4.05.